The summed E-state index contributed by atoms with van der Waals surface area (Å²) in [6, 6.07) is 6.58. The molecule has 1 aromatic carbocycles. The summed E-state index contributed by atoms with van der Waals surface area (Å²) in [6.45, 7) is 6.40. The van der Waals surface area contributed by atoms with Crippen LogP contribution in [0.2, 0.25) is 0 Å². The predicted molar refractivity (Wildman–Crippen MR) is 88.6 cm³/mol. The predicted octanol–water partition coefficient (Wildman–Crippen LogP) is 2.64. The Labute approximate surface area is 159 Å². The van der Waals surface area contributed by atoms with Gasteiger partial charge in [-0.3, -0.25) is 19.4 Å². The van der Waals surface area contributed by atoms with Gasteiger partial charge in [0, 0.05) is 0 Å². The Morgan fingerprint density at radius 2 is 0.962 bits per heavy atom. The van der Waals surface area contributed by atoms with E-state index in [-0.39, 0.29) is 0 Å². The Bertz CT molecular complexity index is 648. The average molecular weight is 407 g/mol. The van der Waals surface area contributed by atoms with E-state index in [1.54, 1.807) is 52.0 Å². The summed E-state index contributed by atoms with van der Waals surface area (Å²) in [5.41, 5.74) is -0.967. The molecule has 0 aliphatic rings. The van der Waals surface area contributed by atoms with E-state index in [9.17, 15) is 19.2 Å². The van der Waals surface area contributed by atoms with Crippen molar-refractivity contribution in [3.63, 3.8) is 0 Å². The van der Waals surface area contributed by atoms with E-state index in [0.29, 0.717) is 11.1 Å². The Balaban J connectivity index is 2.83. The molecule has 0 aliphatic heterocycles. The van der Waals surface area contributed by atoms with Crippen molar-refractivity contribution in [3.8, 4) is 0 Å². The van der Waals surface area contributed by atoms with E-state index in [4.69, 9.17) is 33.0 Å². The van der Waals surface area contributed by atoms with Crippen LogP contribution in [0, 0.1) is 0 Å². The number of rotatable bonds is 8. The van der Waals surface area contributed by atoms with E-state index in [2.05, 4.69) is 9.78 Å². The summed E-state index contributed by atoms with van der Waals surface area (Å²) >= 11 is 9.95. The van der Waals surface area contributed by atoms with Gasteiger partial charge in [0.05, 0.1) is 0 Å². The third kappa shape index (κ3) is 6.06. The highest BCUT2D eigenvalue weighted by atomic mass is 35.5. The summed E-state index contributed by atoms with van der Waals surface area (Å²) in [4.78, 5) is 62.0. The minimum atomic E-state index is -1.33. The topological polar surface area (TPSA) is 105 Å². The number of carbonyl (C=O) groups excluding carboxylic acids is 4. The van der Waals surface area contributed by atoms with Gasteiger partial charge in [-0.1, -0.05) is 24.3 Å². The van der Waals surface area contributed by atoms with Crippen LogP contribution in [-0.4, -0.2) is 22.4 Å². The maximum Gasteiger partial charge on any atom is 0.424 e. The first-order valence-electron chi connectivity index (χ1n) is 7.17. The van der Waals surface area contributed by atoms with Crippen molar-refractivity contribution >= 4 is 45.6 Å². The summed E-state index contributed by atoms with van der Waals surface area (Å²) in [6.07, 6.45) is 0. The highest BCUT2D eigenvalue weighted by Crippen LogP contribution is 2.30. The van der Waals surface area contributed by atoms with Gasteiger partial charge in [0.15, 0.2) is 0 Å². The third-order valence-corrected chi connectivity index (χ3v) is 3.56. The highest BCUT2D eigenvalue weighted by molar-refractivity contribution is 6.80. The summed E-state index contributed by atoms with van der Waals surface area (Å²) < 4.78 is 0. The van der Waals surface area contributed by atoms with Crippen molar-refractivity contribution in [2.45, 2.75) is 38.9 Å². The maximum absolute atomic E-state index is 11.1. The van der Waals surface area contributed by atoms with Crippen molar-refractivity contribution in [2.24, 2.45) is 0 Å². The molecule has 0 saturated carbocycles. The van der Waals surface area contributed by atoms with Crippen LogP contribution in [0.1, 0.15) is 38.8 Å². The van der Waals surface area contributed by atoms with Gasteiger partial charge in [-0.25, -0.2) is 9.59 Å². The van der Waals surface area contributed by atoms with E-state index < -0.39 is 33.6 Å². The lowest BCUT2D eigenvalue weighted by atomic mass is 9.92. The van der Waals surface area contributed by atoms with E-state index in [1.807, 2.05) is 0 Å². The van der Waals surface area contributed by atoms with Crippen molar-refractivity contribution in [3.05, 3.63) is 35.4 Å². The maximum atomic E-state index is 11.1. The summed E-state index contributed by atoms with van der Waals surface area (Å²) in [5, 5.41) is -2.61. The standard InChI is InChI=1S/C16H16Cl2O8/c1-15(2,25-23-13(21)11(17)19)9-5-7-10(8-6-9)16(3,4)26-24-14(22)12(18)20/h5-8H,1-4H3. The largest absolute Gasteiger partial charge is 0.424 e. The molecular formula is C16H16Cl2O8. The molecule has 0 heterocycles. The molecule has 1 rings (SSSR count). The summed E-state index contributed by atoms with van der Waals surface area (Å²) in [7, 11) is 0. The SMILES string of the molecule is CC(C)(OOC(=O)C(=O)Cl)c1ccc(C(C)(C)OOC(=O)C(=O)Cl)cc1. The van der Waals surface area contributed by atoms with Crippen molar-refractivity contribution < 1.29 is 38.7 Å². The van der Waals surface area contributed by atoms with E-state index in [1.165, 1.54) is 0 Å². The lowest BCUT2D eigenvalue weighted by Gasteiger charge is -2.26. The Morgan fingerprint density at radius 3 is 1.19 bits per heavy atom. The molecule has 142 valence electrons. The van der Waals surface area contributed by atoms with Gasteiger partial charge in [0.1, 0.15) is 11.2 Å². The zero-order valence-corrected chi connectivity index (χ0v) is 15.8. The van der Waals surface area contributed by atoms with Crippen LogP contribution >= 0.6 is 23.2 Å². The number of hydrogen-bond acceptors (Lipinski definition) is 8. The van der Waals surface area contributed by atoms with Gasteiger partial charge in [0.25, 0.3) is 0 Å². The van der Waals surface area contributed by atoms with Crippen LogP contribution in [0.15, 0.2) is 24.3 Å². The second kappa shape index (κ2) is 8.59. The Hall–Kier alpha value is -2.00. The quantitative estimate of drug-likeness (QED) is 0.280. The van der Waals surface area contributed by atoms with Crippen LogP contribution in [-0.2, 0) is 49.9 Å². The lowest BCUT2D eigenvalue weighted by Crippen LogP contribution is -2.27. The van der Waals surface area contributed by atoms with Gasteiger partial charge in [-0.15, -0.1) is 0 Å². The molecule has 0 N–H and O–H groups in total. The second-order valence-electron chi connectivity index (χ2n) is 6.05. The zero-order valence-electron chi connectivity index (χ0n) is 14.3. The normalized spacial score (nSPS) is 11.6. The first kappa shape index (κ1) is 22.0. The molecular weight excluding hydrogens is 391 g/mol. The first-order valence-corrected chi connectivity index (χ1v) is 7.92. The minimum Gasteiger partial charge on any atom is -0.287 e. The third-order valence-electron chi connectivity index (χ3n) is 3.25. The molecule has 0 aliphatic carbocycles. The van der Waals surface area contributed by atoms with Gasteiger partial charge < -0.3 is 0 Å². The average Bonchev–Trinajstić information content (AvgIpc) is 2.57. The smallest absolute Gasteiger partial charge is 0.287 e. The molecule has 0 radical (unpaired) electrons. The van der Waals surface area contributed by atoms with Gasteiger partial charge in [-0.05, 0) is 62.0 Å². The molecule has 0 unspecified atom stereocenters. The minimum absolute atomic E-state index is 0.597. The molecule has 26 heavy (non-hydrogen) atoms. The Morgan fingerprint density at radius 1 is 0.692 bits per heavy atom. The Kier molecular flexibility index (Phi) is 7.28. The fraction of sp³-hybridized carbons (Fsp3) is 0.375. The van der Waals surface area contributed by atoms with Crippen LogP contribution in [0.5, 0.6) is 0 Å². The molecule has 1 aromatic rings. The number of hydrogen-bond donors (Lipinski definition) is 0. The summed E-state index contributed by atoms with van der Waals surface area (Å²) in [5.74, 6) is -2.66. The molecule has 0 spiro atoms. The second-order valence-corrected chi connectivity index (χ2v) is 6.74. The molecule has 0 aromatic heterocycles. The molecule has 0 amide bonds. The lowest BCUT2D eigenvalue weighted by molar-refractivity contribution is -0.327. The van der Waals surface area contributed by atoms with Crippen molar-refractivity contribution in [1.82, 2.24) is 0 Å². The number of carbonyl (C=O) groups is 4. The van der Waals surface area contributed by atoms with Gasteiger partial charge >= 0.3 is 22.4 Å². The molecule has 0 atom stereocenters. The molecule has 0 bridgehead atoms. The van der Waals surface area contributed by atoms with E-state index >= 15 is 0 Å². The van der Waals surface area contributed by atoms with Crippen LogP contribution < -0.4 is 0 Å². The van der Waals surface area contributed by atoms with Crippen LogP contribution in [0.4, 0.5) is 0 Å². The monoisotopic (exact) mass is 406 g/mol. The molecule has 8 nitrogen and oxygen atoms in total. The van der Waals surface area contributed by atoms with Gasteiger partial charge in [-0.2, -0.15) is 9.78 Å². The molecule has 0 saturated heterocycles. The highest BCUT2D eigenvalue weighted by Gasteiger charge is 2.29. The molecule has 0 fully saturated rings. The number of halogens is 2. The zero-order chi connectivity index (χ0) is 20.1. The van der Waals surface area contributed by atoms with E-state index in [0.717, 1.165) is 0 Å². The fourth-order valence-corrected chi connectivity index (χ4v) is 1.78. The first-order chi connectivity index (χ1) is 11.9. The van der Waals surface area contributed by atoms with Gasteiger partial charge in [0.2, 0.25) is 0 Å². The molecule has 10 heteroatoms. The van der Waals surface area contributed by atoms with Crippen molar-refractivity contribution in [2.75, 3.05) is 0 Å². The van der Waals surface area contributed by atoms with Crippen LogP contribution in [0.3, 0.4) is 0 Å². The van der Waals surface area contributed by atoms with Crippen LogP contribution in [0.25, 0.3) is 0 Å². The fourth-order valence-electron chi connectivity index (χ4n) is 1.72. The number of benzene rings is 1. The van der Waals surface area contributed by atoms with Crippen molar-refractivity contribution in [1.29, 1.82) is 0 Å².